The third-order valence-electron chi connectivity index (χ3n) is 6.37. The second-order valence-electron chi connectivity index (χ2n) is 9.65. The van der Waals surface area contributed by atoms with Gasteiger partial charge >= 0.3 is 0 Å². The maximum atomic E-state index is 13.2. The van der Waals surface area contributed by atoms with Crippen LogP contribution >= 0.6 is 0 Å². The lowest BCUT2D eigenvalue weighted by atomic mass is 10.1. The molecule has 0 spiro atoms. The zero-order valence-corrected chi connectivity index (χ0v) is 23.2. The molecule has 9 nitrogen and oxygen atoms in total. The third kappa shape index (κ3) is 7.47. The van der Waals surface area contributed by atoms with Crippen LogP contribution in [0.5, 0.6) is 5.75 Å². The van der Waals surface area contributed by atoms with Gasteiger partial charge in [-0.15, -0.1) is 0 Å². The Bertz CT molecular complexity index is 1650. The Morgan fingerprint density at radius 2 is 1.88 bits per heavy atom. The number of amides is 2. The number of rotatable bonds is 4. The molecule has 4 aromatic rings. The lowest BCUT2D eigenvalue weighted by Crippen LogP contribution is -2.14. The summed E-state index contributed by atoms with van der Waals surface area (Å²) in [6.45, 7) is 6.73. The van der Waals surface area contributed by atoms with Gasteiger partial charge in [0.15, 0.2) is 0 Å². The normalized spacial score (nSPS) is 13.7. The molecule has 212 valence electrons. The minimum Gasteiger partial charge on any atom is -0.493 e. The third-order valence-corrected chi connectivity index (χ3v) is 6.37. The standard InChI is InChI=1S/C33H31N5O4/c1-3-30(39)35-26-11-7-10-25(17-26)32(40)36-27-15-23-16-28(19-27)37-33-34-20-22(2)31(38-33)24-9-8-12-29(18-24)42-14-6-4-5-13-41-21-23/h3-5,7-12,15-20H,1,6,13-14,21H2,2H3,(H,35,39)(H,36,40)(H,34,37,38)/b5-4+. The Morgan fingerprint density at radius 3 is 2.76 bits per heavy atom. The molecule has 0 unspecified atom stereocenters. The summed E-state index contributed by atoms with van der Waals surface area (Å²) < 4.78 is 11.8. The molecule has 1 aliphatic rings. The molecule has 0 radical (unpaired) electrons. The molecule has 0 aliphatic carbocycles. The number of hydrogen-bond donors (Lipinski definition) is 3. The van der Waals surface area contributed by atoms with E-state index in [4.69, 9.17) is 14.5 Å². The quantitative estimate of drug-likeness (QED) is 0.194. The first kappa shape index (κ1) is 28.3. The maximum absolute atomic E-state index is 13.2. The SMILES string of the molecule is C=CC(=O)Nc1cccc(C(=O)Nc2cc3cc(c2)Nc2ncc(C)c(n2)-c2cccc(c2)OCC/C=C/COC3)c1. The van der Waals surface area contributed by atoms with Gasteiger partial charge in [0.2, 0.25) is 11.9 Å². The topological polar surface area (TPSA) is 114 Å². The van der Waals surface area contributed by atoms with E-state index in [-0.39, 0.29) is 11.8 Å². The fourth-order valence-electron chi connectivity index (χ4n) is 4.39. The first-order chi connectivity index (χ1) is 20.5. The molecule has 42 heavy (non-hydrogen) atoms. The molecule has 0 saturated carbocycles. The number of carbonyl (C=O) groups is 2. The van der Waals surface area contributed by atoms with E-state index in [1.807, 2.05) is 55.5 Å². The average molecular weight is 562 g/mol. The van der Waals surface area contributed by atoms with Crippen molar-refractivity contribution in [1.29, 1.82) is 0 Å². The Labute approximate surface area is 244 Å². The molecule has 9 heteroatoms. The number of aryl methyl sites for hydroxylation is 1. The van der Waals surface area contributed by atoms with Crippen molar-refractivity contribution in [2.24, 2.45) is 0 Å². The van der Waals surface area contributed by atoms with Crippen LogP contribution in [0.25, 0.3) is 11.3 Å². The van der Waals surface area contributed by atoms with E-state index in [2.05, 4.69) is 27.5 Å². The molecule has 0 fully saturated rings. The van der Waals surface area contributed by atoms with Crippen LogP contribution in [-0.2, 0) is 16.1 Å². The van der Waals surface area contributed by atoms with Crippen molar-refractivity contribution in [2.45, 2.75) is 20.0 Å². The van der Waals surface area contributed by atoms with Crippen LogP contribution in [0.4, 0.5) is 23.0 Å². The van der Waals surface area contributed by atoms with Crippen LogP contribution in [0.2, 0.25) is 0 Å². The van der Waals surface area contributed by atoms with Crippen molar-refractivity contribution in [3.63, 3.8) is 0 Å². The number of hydrogen-bond acceptors (Lipinski definition) is 7. The van der Waals surface area contributed by atoms with Crippen LogP contribution < -0.4 is 20.7 Å². The van der Waals surface area contributed by atoms with E-state index < -0.39 is 0 Å². The minimum absolute atomic E-state index is 0.326. The largest absolute Gasteiger partial charge is 0.493 e. The summed E-state index contributed by atoms with van der Waals surface area (Å²) in [5, 5.41) is 8.91. The van der Waals surface area contributed by atoms with E-state index in [1.165, 1.54) is 6.08 Å². The van der Waals surface area contributed by atoms with Crippen molar-refractivity contribution >= 4 is 34.8 Å². The molecule has 6 bridgehead atoms. The van der Waals surface area contributed by atoms with Crippen molar-refractivity contribution in [3.8, 4) is 17.0 Å². The Kier molecular flexibility index (Phi) is 9.00. The van der Waals surface area contributed by atoms with Gasteiger partial charge in [0, 0.05) is 34.4 Å². The summed E-state index contributed by atoms with van der Waals surface area (Å²) in [7, 11) is 0. The number of nitrogens with zero attached hydrogens (tertiary/aromatic N) is 2. The summed E-state index contributed by atoms with van der Waals surface area (Å²) in [4.78, 5) is 34.1. The van der Waals surface area contributed by atoms with Gasteiger partial charge in [0.1, 0.15) is 5.75 Å². The molecular weight excluding hydrogens is 530 g/mol. The second-order valence-corrected chi connectivity index (χ2v) is 9.65. The molecule has 3 N–H and O–H groups in total. The van der Waals surface area contributed by atoms with Gasteiger partial charge in [-0.25, -0.2) is 9.97 Å². The number of aromatic nitrogens is 2. The number of fused-ring (bicyclic) bond motifs is 7. The first-order valence-electron chi connectivity index (χ1n) is 13.5. The van der Waals surface area contributed by atoms with E-state index in [1.54, 1.807) is 36.5 Å². The Hall–Kier alpha value is -5.28. The lowest BCUT2D eigenvalue weighted by molar-refractivity contribution is -0.111. The summed E-state index contributed by atoms with van der Waals surface area (Å²) in [6.07, 6.45) is 7.69. The predicted octanol–water partition coefficient (Wildman–Crippen LogP) is 6.43. The monoisotopic (exact) mass is 561 g/mol. The zero-order valence-electron chi connectivity index (χ0n) is 23.2. The lowest BCUT2D eigenvalue weighted by Gasteiger charge is -2.14. The van der Waals surface area contributed by atoms with Gasteiger partial charge in [-0.1, -0.05) is 36.9 Å². The highest BCUT2D eigenvalue weighted by Gasteiger charge is 2.12. The van der Waals surface area contributed by atoms with Crippen LogP contribution in [0.3, 0.4) is 0 Å². The van der Waals surface area contributed by atoms with E-state index >= 15 is 0 Å². The molecule has 2 heterocycles. The smallest absolute Gasteiger partial charge is 0.255 e. The predicted molar refractivity (Wildman–Crippen MR) is 164 cm³/mol. The van der Waals surface area contributed by atoms with Gasteiger partial charge in [0.25, 0.3) is 5.91 Å². The van der Waals surface area contributed by atoms with Crippen molar-refractivity contribution in [2.75, 3.05) is 29.2 Å². The van der Waals surface area contributed by atoms with Crippen molar-refractivity contribution in [1.82, 2.24) is 9.97 Å². The molecule has 0 atom stereocenters. The highest BCUT2D eigenvalue weighted by Crippen LogP contribution is 2.28. The fraction of sp³-hybridized carbons (Fsp3) is 0.152. The molecular formula is C33H31N5O4. The van der Waals surface area contributed by atoms with Crippen molar-refractivity contribution in [3.05, 3.63) is 114 Å². The van der Waals surface area contributed by atoms with E-state index in [9.17, 15) is 9.59 Å². The summed E-state index contributed by atoms with van der Waals surface area (Å²) in [6, 6.07) is 20.1. The van der Waals surface area contributed by atoms with Crippen LogP contribution in [0.15, 0.2) is 97.7 Å². The summed E-state index contributed by atoms with van der Waals surface area (Å²) in [5.74, 6) is 0.493. The van der Waals surface area contributed by atoms with Crippen LogP contribution in [0.1, 0.15) is 27.9 Å². The molecule has 1 aromatic heterocycles. The minimum atomic E-state index is -0.356. The van der Waals surface area contributed by atoms with Gasteiger partial charge in [-0.3, -0.25) is 9.59 Å². The summed E-state index contributed by atoms with van der Waals surface area (Å²) >= 11 is 0. The van der Waals surface area contributed by atoms with Gasteiger partial charge < -0.3 is 25.4 Å². The molecule has 5 rings (SSSR count). The highest BCUT2D eigenvalue weighted by molar-refractivity contribution is 6.06. The highest BCUT2D eigenvalue weighted by atomic mass is 16.5. The number of carbonyl (C=O) groups excluding carboxylic acids is 2. The zero-order chi connectivity index (χ0) is 29.3. The van der Waals surface area contributed by atoms with Gasteiger partial charge in [0.05, 0.1) is 25.5 Å². The fourth-order valence-corrected chi connectivity index (χ4v) is 4.39. The van der Waals surface area contributed by atoms with Crippen molar-refractivity contribution < 1.29 is 19.1 Å². The first-order valence-corrected chi connectivity index (χ1v) is 13.5. The summed E-state index contributed by atoms with van der Waals surface area (Å²) in [5.41, 5.74) is 5.61. The number of benzene rings is 3. The second kappa shape index (κ2) is 13.4. The Morgan fingerprint density at radius 1 is 1.00 bits per heavy atom. The van der Waals surface area contributed by atoms with Crippen LogP contribution in [0, 0.1) is 6.92 Å². The molecule has 1 aliphatic heterocycles. The Balaban J connectivity index is 1.45. The molecule has 3 aromatic carbocycles. The number of anilines is 4. The van der Waals surface area contributed by atoms with Gasteiger partial charge in [-0.05, 0) is 79.1 Å². The number of nitrogens with one attached hydrogen (secondary N) is 3. The maximum Gasteiger partial charge on any atom is 0.255 e. The average Bonchev–Trinajstić information content (AvgIpc) is 2.99. The van der Waals surface area contributed by atoms with E-state index in [0.29, 0.717) is 48.4 Å². The van der Waals surface area contributed by atoms with E-state index in [0.717, 1.165) is 34.6 Å². The molecule has 0 saturated heterocycles. The van der Waals surface area contributed by atoms with Crippen LogP contribution in [-0.4, -0.2) is 35.0 Å². The molecule has 2 amide bonds. The van der Waals surface area contributed by atoms with Gasteiger partial charge in [-0.2, -0.15) is 0 Å². The number of ether oxygens (including phenoxy) is 2.